The largest absolute Gasteiger partial charge is 0.365 e. The Hall–Kier alpha value is -1.40. The maximum atomic E-state index is 11.4. The summed E-state index contributed by atoms with van der Waals surface area (Å²) in [6.45, 7) is 1.71. The summed E-state index contributed by atoms with van der Waals surface area (Å²) in [4.78, 5) is 25.1. The number of nitrogens with two attached hydrogens (primary N) is 1. The van der Waals surface area contributed by atoms with E-state index >= 15 is 0 Å². The number of thiophene rings is 1. The van der Waals surface area contributed by atoms with Crippen LogP contribution in [0.2, 0.25) is 0 Å². The Morgan fingerprint density at radius 2 is 2.38 bits per heavy atom. The van der Waals surface area contributed by atoms with Crippen LogP contribution in [-0.2, 0) is 17.8 Å². The number of likely N-dealkylation sites (N-methyl/N-ethyl adjacent to an activating group) is 1. The van der Waals surface area contributed by atoms with Crippen LogP contribution in [0.25, 0.3) is 0 Å². The third-order valence-corrected chi connectivity index (χ3v) is 3.83. The number of rotatable bonds is 3. The summed E-state index contributed by atoms with van der Waals surface area (Å²) < 4.78 is 0. The fourth-order valence-corrected chi connectivity index (χ4v) is 3.24. The van der Waals surface area contributed by atoms with Crippen molar-refractivity contribution in [1.82, 2.24) is 4.90 Å². The molecule has 1 aromatic heterocycles. The summed E-state index contributed by atoms with van der Waals surface area (Å²) in [7, 11) is 2.03. The van der Waals surface area contributed by atoms with Crippen molar-refractivity contribution in [2.45, 2.75) is 13.0 Å². The van der Waals surface area contributed by atoms with E-state index in [1.165, 1.54) is 11.3 Å². The summed E-state index contributed by atoms with van der Waals surface area (Å²) >= 11 is 1.43. The van der Waals surface area contributed by atoms with Gasteiger partial charge in [-0.1, -0.05) is 0 Å². The molecule has 5 nitrogen and oxygen atoms in total. The molecule has 86 valence electrons. The molecule has 0 radical (unpaired) electrons. The molecule has 0 bridgehead atoms. The first-order valence-electron chi connectivity index (χ1n) is 4.96. The number of hydrogen-bond donors (Lipinski definition) is 2. The van der Waals surface area contributed by atoms with E-state index in [-0.39, 0.29) is 0 Å². The van der Waals surface area contributed by atoms with Crippen molar-refractivity contribution in [2.24, 2.45) is 5.73 Å². The van der Waals surface area contributed by atoms with Gasteiger partial charge in [-0.3, -0.25) is 9.59 Å². The molecule has 1 aliphatic heterocycles. The van der Waals surface area contributed by atoms with Gasteiger partial charge in [0.1, 0.15) is 5.00 Å². The molecule has 0 aromatic carbocycles. The van der Waals surface area contributed by atoms with Crippen molar-refractivity contribution in [3.63, 3.8) is 0 Å². The topological polar surface area (TPSA) is 75.4 Å². The monoisotopic (exact) mass is 239 g/mol. The number of amides is 2. The van der Waals surface area contributed by atoms with Gasteiger partial charge in [0.2, 0.25) is 6.41 Å². The summed E-state index contributed by atoms with van der Waals surface area (Å²) in [5.41, 5.74) is 6.83. The molecule has 0 aliphatic carbocycles. The van der Waals surface area contributed by atoms with Crippen LogP contribution in [0.4, 0.5) is 5.00 Å². The van der Waals surface area contributed by atoms with Crippen LogP contribution in [0.1, 0.15) is 20.8 Å². The van der Waals surface area contributed by atoms with Gasteiger partial charge in [0.15, 0.2) is 0 Å². The lowest BCUT2D eigenvalue weighted by atomic mass is 10.0. The Bertz CT molecular complexity index is 442. The van der Waals surface area contributed by atoms with Crippen molar-refractivity contribution < 1.29 is 9.59 Å². The average Bonchev–Trinajstić information content (AvgIpc) is 2.55. The number of anilines is 1. The molecule has 2 heterocycles. The highest BCUT2D eigenvalue weighted by molar-refractivity contribution is 7.16. The second-order valence-corrected chi connectivity index (χ2v) is 4.93. The van der Waals surface area contributed by atoms with Crippen molar-refractivity contribution in [3.05, 3.63) is 16.0 Å². The zero-order valence-corrected chi connectivity index (χ0v) is 9.76. The number of nitrogens with one attached hydrogen (secondary N) is 1. The molecule has 0 fully saturated rings. The second kappa shape index (κ2) is 4.23. The molecule has 0 unspecified atom stereocenters. The third-order valence-electron chi connectivity index (χ3n) is 2.68. The van der Waals surface area contributed by atoms with E-state index in [1.54, 1.807) is 0 Å². The normalized spacial score (nSPS) is 15.6. The molecular weight excluding hydrogens is 226 g/mol. The van der Waals surface area contributed by atoms with Gasteiger partial charge >= 0.3 is 0 Å². The van der Waals surface area contributed by atoms with Crippen LogP contribution in [-0.4, -0.2) is 30.8 Å². The van der Waals surface area contributed by atoms with Crippen molar-refractivity contribution >= 4 is 28.7 Å². The highest BCUT2D eigenvalue weighted by Crippen LogP contribution is 2.36. The Morgan fingerprint density at radius 1 is 1.62 bits per heavy atom. The fourth-order valence-electron chi connectivity index (χ4n) is 1.95. The highest BCUT2D eigenvalue weighted by Gasteiger charge is 2.25. The molecule has 16 heavy (non-hydrogen) atoms. The maximum absolute atomic E-state index is 11.4. The first kappa shape index (κ1) is 11.1. The molecule has 2 amide bonds. The van der Waals surface area contributed by atoms with Gasteiger partial charge in [0, 0.05) is 18.0 Å². The molecular formula is C10H13N3O2S. The predicted molar refractivity (Wildman–Crippen MR) is 62.6 cm³/mol. The van der Waals surface area contributed by atoms with Gasteiger partial charge in [-0.2, -0.15) is 0 Å². The van der Waals surface area contributed by atoms with E-state index in [1.807, 2.05) is 7.05 Å². The predicted octanol–water partition coefficient (Wildman–Crippen LogP) is 0.403. The van der Waals surface area contributed by atoms with Crippen LogP contribution >= 0.6 is 11.3 Å². The van der Waals surface area contributed by atoms with Crippen LogP contribution in [0.15, 0.2) is 0 Å². The molecule has 1 aromatic rings. The van der Waals surface area contributed by atoms with Crippen LogP contribution in [0.5, 0.6) is 0 Å². The minimum absolute atomic E-state index is 0.466. The lowest BCUT2D eigenvalue weighted by Gasteiger charge is -2.22. The molecule has 0 spiro atoms. The fraction of sp³-hybridized carbons (Fsp3) is 0.400. The SMILES string of the molecule is CN1CCc2c(sc(NC=O)c2C(N)=O)C1. The van der Waals surface area contributed by atoms with E-state index in [2.05, 4.69) is 10.2 Å². The molecule has 6 heteroatoms. The molecule has 0 atom stereocenters. The summed E-state index contributed by atoms with van der Waals surface area (Å²) in [5, 5.41) is 3.12. The minimum Gasteiger partial charge on any atom is -0.365 e. The zero-order chi connectivity index (χ0) is 11.7. The molecule has 0 saturated carbocycles. The number of carbonyl (C=O) groups excluding carboxylic acids is 2. The Labute approximate surface area is 97.2 Å². The number of hydrogen-bond acceptors (Lipinski definition) is 4. The van der Waals surface area contributed by atoms with Crippen LogP contribution in [0.3, 0.4) is 0 Å². The number of fused-ring (bicyclic) bond motifs is 1. The number of nitrogens with zero attached hydrogens (tertiary/aromatic N) is 1. The van der Waals surface area contributed by atoms with Gasteiger partial charge in [-0.15, -0.1) is 11.3 Å². The summed E-state index contributed by atoms with van der Waals surface area (Å²) in [5.74, 6) is -0.466. The van der Waals surface area contributed by atoms with Crippen molar-refractivity contribution in [2.75, 3.05) is 18.9 Å². The number of carbonyl (C=O) groups is 2. The molecule has 0 saturated heterocycles. The van der Waals surface area contributed by atoms with E-state index in [0.29, 0.717) is 17.0 Å². The lowest BCUT2D eigenvalue weighted by molar-refractivity contribution is -0.105. The van der Waals surface area contributed by atoms with Gasteiger partial charge in [-0.05, 0) is 19.0 Å². The molecule has 3 N–H and O–H groups in total. The third kappa shape index (κ3) is 1.81. The average molecular weight is 239 g/mol. The number of primary amides is 1. The lowest BCUT2D eigenvalue weighted by Crippen LogP contribution is -2.27. The van der Waals surface area contributed by atoms with Crippen LogP contribution < -0.4 is 11.1 Å². The molecule has 2 rings (SSSR count). The van der Waals surface area contributed by atoms with Crippen molar-refractivity contribution in [3.8, 4) is 0 Å². The quantitative estimate of drug-likeness (QED) is 0.750. The Morgan fingerprint density at radius 3 is 3.00 bits per heavy atom. The summed E-state index contributed by atoms with van der Waals surface area (Å²) in [6, 6.07) is 0. The van der Waals surface area contributed by atoms with E-state index in [9.17, 15) is 9.59 Å². The highest BCUT2D eigenvalue weighted by atomic mass is 32.1. The van der Waals surface area contributed by atoms with Gasteiger partial charge < -0.3 is 16.0 Å². The van der Waals surface area contributed by atoms with Crippen LogP contribution in [0, 0.1) is 0 Å². The zero-order valence-electron chi connectivity index (χ0n) is 8.95. The molecule has 1 aliphatic rings. The van der Waals surface area contributed by atoms with Gasteiger partial charge in [0.25, 0.3) is 5.91 Å². The van der Waals surface area contributed by atoms with Gasteiger partial charge in [0.05, 0.1) is 5.56 Å². The standard InChI is InChI=1S/C10H13N3O2S/c1-13-3-2-6-7(4-13)16-10(12-5-14)8(6)9(11)15/h5H,2-4H2,1H3,(H2,11,15)(H,12,14). The van der Waals surface area contributed by atoms with E-state index < -0.39 is 5.91 Å². The van der Waals surface area contributed by atoms with Gasteiger partial charge in [-0.25, -0.2) is 0 Å². The Balaban J connectivity index is 2.47. The van der Waals surface area contributed by atoms with Crippen molar-refractivity contribution in [1.29, 1.82) is 0 Å². The first-order chi connectivity index (χ1) is 7.63. The first-order valence-corrected chi connectivity index (χ1v) is 5.78. The minimum atomic E-state index is -0.466. The second-order valence-electron chi connectivity index (χ2n) is 3.82. The maximum Gasteiger partial charge on any atom is 0.251 e. The van der Waals surface area contributed by atoms with E-state index in [0.717, 1.165) is 30.0 Å². The Kier molecular flexibility index (Phi) is 2.93. The smallest absolute Gasteiger partial charge is 0.251 e. The summed E-state index contributed by atoms with van der Waals surface area (Å²) in [6.07, 6.45) is 1.38. The van der Waals surface area contributed by atoms with E-state index in [4.69, 9.17) is 5.73 Å².